The molecular formula is C26H24F3N5O6S. The summed E-state index contributed by atoms with van der Waals surface area (Å²) in [5.74, 6) is -1.50. The highest BCUT2D eigenvalue weighted by Crippen LogP contribution is 2.39. The van der Waals surface area contributed by atoms with Gasteiger partial charge in [-0.05, 0) is 37.6 Å². The summed E-state index contributed by atoms with van der Waals surface area (Å²) >= 11 is 0.716. The fraction of sp³-hybridized carbons (Fsp3) is 0.269. The molecule has 5 N–H and O–H groups in total. The third kappa shape index (κ3) is 6.06. The first-order chi connectivity index (χ1) is 19.3. The number of pyridine rings is 2. The van der Waals surface area contributed by atoms with E-state index in [4.69, 9.17) is 0 Å². The van der Waals surface area contributed by atoms with Crippen molar-refractivity contribution < 1.29 is 38.1 Å². The Morgan fingerprint density at radius 2 is 1.93 bits per heavy atom. The van der Waals surface area contributed by atoms with E-state index in [0.29, 0.717) is 17.9 Å². The quantitative estimate of drug-likeness (QED) is 0.205. The third-order valence-corrected chi connectivity index (χ3v) is 7.06. The minimum absolute atomic E-state index is 0.0255. The van der Waals surface area contributed by atoms with E-state index in [0.717, 1.165) is 11.6 Å². The molecule has 0 saturated heterocycles. The van der Waals surface area contributed by atoms with Crippen LogP contribution in [0.1, 0.15) is 35.9 Å². The number of nitrogens with one attached hydrogen (secondary N) is 2. The Balaban J connectivity index is 1.96. The van der Waals surface area contributed by atoms with Gasteiger partial charge in [0.25, 0.3) is 0 Å². The van der Waals surface area contributed by atoms with Crippen LogP contribution in [0.3, 0.4) is 0 Å². The second-order valence-electron chi connectivity index (χ2n) is 8.94. The first-order valence-electron chi connectivity index (χ1n) is 12.1. The number of carboxylic acids is 1. The summed E-state index contributed by atoms with van der Waals surface area (Å²) in [6, 6.07) is 4.14. The van der Waals surface area contributed by atoms with Crippen LogP contribution in [-0.2, 0) is 6.18 Å². The van der Waals surface area contributed by atoms with Crippen LogP contribution in [0.25, 0.3) is 32.6 Å². The average molecular weight is 592 g/mol. The van der Waals surface area contributed by atoms with E-state index in [-0.39, 0.29) is 38.4 Å². The van der Waals surface area contributed by atoms with Gasteiger partial charge in [-0.25, -0.2) is 19.6 Å². The van der Waals surface area contributed by atoms with Crippen molar-refractivity contribution in [2.75, 3.05) is 18.5 Å². The number of aromatic nitrogens is 3. The number of benzene rings is 1. The number of hydrogen-bond donors (Lipinski definition) is 5. The number of amides is 2. The van der Waals surface area contributed by atoms with Gasteiger partial charge in [0.05, 0.1) is 24.3 Å². The monoisotopic (exact) mass is 591 g/mol. The maximum Gasteiger partial charge on any atom is 0.434 e. The second kappa shape index (κ2) is 11.6. The lowest BCUT2D eigenvalue weighted by Crippen LogP contribution is -2.28. The van der Waals surface area contributed by atoms with Gasteiger partial charge in [0.2, 0.25) is 5.43 Å². The zero-order chi connectivity index (χ0) is 30.1. The summed E-state index contributed by atoms with van der Waals surface area (Å²) < 4.78 is 41.3. The molecule has 15 heteroatoms. The number of halogens is 3. The summed E-state index contributed by atoms with van der Waals surface area (Å²) in [5, 5.41) is 35.4. The van der Waals surface area contributed by atoms with Crippen LogP contribution < -0.4 is 16.1 Å². The molecule has 0 spiro atoms. The highest BCUT2D eigenvalue weighted by Gasteiger charge is 2.34. The van der Waals surface area contributed by atoms with Gasteiger partial charge in [-0.2, -0.15) is 13.2 Å². The van der Waals surface area contributed by atoms with Gasteiger partial charge in [-0.15, -0.1) is 11.3 Å². The van der Waals surface area contributed by atoms with Crippen molar-refractivity contribution in [3.8, 4) is 21.7 Å². The van der Waals surface area contributed by atoms with Crippen molar-refractivity contribution in [1.29, 1.82) is 0 Å². The largest absolute Gasteiger partial charge is 0.477 e. The molecule has 3 aromatic heterocycles. The maximum atomic E-state index is 13.3. The smallest absolute Gasteiger partial charge is 0.434 e. The average Bonchev–Trinajstić information content (AvgIpc) is 3.41. The lowest BCUT2D eigenvalue weighted by atomic mass is 9.98. The number of aliphatic hydroxyl groups is 2. The number of carboxylic acid groups (broad SMARTS) is 1. The number of hydrogen-bond acceptors (Lipinski definition) is 8. The number of thiazole rings is 1. The highest BCUT2D eigenvalue weighted by atomic mass is 32.1. The summed E-state index contributed by atoms with van der Waals surface area (Å²) in [5.41, 5.74) is -1.65. The van der Waals surface area contributed by atoms with Gasteiger partial charge >= 0.3 is 18.2 Å². The Hall–Kier alpha value is -4.34. The predicted octanol–water partition coefficient (Wildman–Crippen LogP) is 3.96. The lowest BCUT2D eigenvalue weighted by molar-refractivity contribution is -0.140. The molecule has 3 heterocycles. The van der Waals surface area contributed by atoms with Gasteiger partial charge in [-0.3, -0.25) is 10.1 Å². The molecule has 0 saturated carbocycles. The summed E-state index contributed by atoms with van der Waals surface area (Å²) in [7, 11) is 0. The molecule has 0 radical (unpaired) electrons. The van der Waals surface area contributed by atoms with Crippen molar-refractivity contribution in [3.05, 3.63) is 63.5 Å². The fourth-order valence-electron chi connectivity index (χ4n) is 4.20. The summed E-state index contributed by atoms with van der Waals surface area (Å²) in [6.07, 6.45) is -3.47. The third-order valence-electron chi connectivity index (χ3n) is 6.18. The number of aromatic carboxylic acids is 1. The predicted molar refractivity (Wildman–Crippen MR) is 145 cm³/mol. The highest BCUT2D eigenvalue weighted by molar-refractivity contribution is 7.13. The molecule has 0 fully saturated rings. The molecule has 0 aliphatic carbocycles. The molecule has 2 amide bonds. The minimum Gasteiger partial charge on any atom is -0.477 e. The van der Waals surface area contributed by atoms with E-state index >= 15 is 0 Å². The molecule has 0 aliphatic rings. The molecule has 4 aromatic rings. The molecule has 0 aliphatic heterocycles. The Bertz CT molecular complexity index is 1680. The maximum absolute atomic E-state index is 13.3. The topological polar surface area (TPSA) is 167 Å². The molecular weight excluding hydrogens is 567 g/mol. The molecule has 11 nitrogen and oxygen atoms in total. The van der Waals surface area contributed by atoms with E-state index < -0.39 is 53.6 Å². The molecule has 216 valence electrons. The van der Waals surface area contributed by atoms with Crippen molar-refractivity contribution in [3.63, 3.8) is 0 Å². The van der Waals surface area contributed by atoms with E-state index in [1.807, 2.05) is 0 Å². The van der Waals surface area contributed by atoms with Crippen LogP contribution in [-0.4, -0.2) is 61.1 Å². The molecule has 4 rings (SSSR count). The first-order valence-corrected chi connectivity index (χ1v) is 13.0. The fourth-order valence-corrected chi connectivity index (χ4v) is 5.06. The zero-order valence-electron chi connectivity index (χ0n) is 21.6. The second-order valence-corrected chi connectivity index (χ2v) is 9.80. The van der Waals surface area contributed by atoms with Crippen LogP contribution in [0.4, 0.5) is 23.8 Å². The van der Waals surface area contributed by atoms with Gasteiger partial charge in [0.15, 0.2) is 5.69 Å². The van der Waals surface area contributed by atoms with E-state index in [1.54, 1.807) is 6.92 Å². The van der Waals surface area contributed by atoms with Crippen LogP contribution in [0, 0.1) is 0 Å². The number of alkyl halides is 3. The normalized spacial score (nSPS) is 13.1. The lowest BCUT2D eigenvalue weighted by Gasteiger charge is -2.24. The summed E-state index contributed by atoms with van der Waals surface area (Å²) in [4.78, 5) is 45.0. The number of fused-ring (bicyclic) bond motifs is 1. The number of nitrogens with zero attached hydrogens (tertiary/aromatic N) is 3. The number of carbonyl (C=O) groups excluding carboxylic acids is 1. The van der Waals surface area contributed by atoms with Crippen molar-refractivity contribution in [1.82, 2.24) is 19.9 Å². The van der Waals surface area contributed by atoms with Crippen LogP contribution in [0.5, 0.6) is 0 Å². The number of urea groups is 1. The van der Waals surface area contributed by atoms with Crippen molar-refractivity contribution in [2.45, 2.75) is 32.2 Å². The number of aliphatic hydroxyl groups excluding tert-OH is 2. The van der Waals surface area contributed by atoms with Gasteiger partial charge in [-0.1, -0.05) is 6.07 Å². The Labute approximate surface area is 233 Å². The Morgan fingerprint density at radius 1 is 1.20 bits per heavy atom. The van der Waals surface area contributed by atoms with Crippen LogP contribution in [0.15, 0.2) is 46.8 Å². The standard InChI is InChI=1S/C26H24F3N5O6S/c1-3-30-25(40)33-21-7-14(23-32-20(11-41-23)26(27,28)29)16(8-31-21)13-4-5-18-15(6-13)22(37)17(24(38)39)9-34(18)19(10-35)12(2)36/h4-9,11-12,19,35-36H,3,10H2,1-2H3,(H,38,39)(H2,30,31,33,40)/t12-,19-/m1/s1. The van der Waals surface area contributed by atoms with Crippen LogP contribution in [0.2, 0.25) is 0 Å². The van der Waals surface area contributed by atoms with E-state index in [9.17, 15) is 42.9 Å². The number of rotatable bonds is 8. The number of carbonyl (C=O) groups is 2. The van der Waals surface area contributed by atoms with Crippen LogP contribution >= 0.6 is 11.3 Å². The Morgan fingerprint density at radius 3 is 2.51 bits per heavy atom. The van der Waals surface area contributed by atoms with Gasteiger partial charge < -0.3 is 25.2 Å². The zero-order valence-corrected chi connectivity index (χ0v) is 22.4. The molecule has 2 atom stereocenters. The number of anilines is 1. The van der Waals surface area contributed by atoms with E-state index in [2.05, 4.69) is 20.6 Å². The molecule has 0 unspecified atom stereocenters. The summed E-state index contributed by atoms with van der Waals surface area (Å²) in [6.45, 7) is 2.86. The van der Waals surface area contributed by atoms with E-state index in [1.165, 1.54) is 42.0 Å². The Kier molecular flexibility index (Phi) is 8.42. The molecule has 41 heavy (non-hydrogen) atoms. The molecule has 1 aromatic carbocycles. The molecule has 0 bridgehead atoms. The van der Waals surface area contributed by atoms with Gasteiger partial charge in [0.1, 0.15) is 16.4 Å². The van der Waals surface area contributed by atoms with Crippen molar-refractivity contribution in [2.24, 2.45) is 0 Å². The van der Waals surface area contributed by atoms with Gasteiger partial charge in [0, 0.05) is 40.8 Å². The first kappa shape index (κ1) is 29.6. The van der Waals surface area contributed by atoms with Crippen molar-refractivity contribution >= 4 is 40.1 Å². The minimum atomic E-state index is -4.70. The SMILES string of the molecule is CCNC(=O)Nc1cc(-c2nc(C(F)(F)F)cs2)c(-c2ccc3c(c2)c(=O)c(C(=O)O)cn3[C@H](CO)[C@@H](C)O)cn1.